The summed E-state index contributed by atoms with van der Waals surface area (Å²) < 4.78 is 6.68. The van der Waals surface area contributed by atoms with Gasteiger partial charge in [0.1, 0.15) is 11.6 Å². The molecule has 8 nitrogen and oxygen atoms in total. The molecule has 0 aliphatic carbocycles. The normalized spacial score (nSPS) is 25.8. The molecule has 0 saturated carbocycles. The van der Waals surface area contributed by atoms with Crippen molar-refractivity contribution in [3.63, 3.8) is 0 Å². The quantitative estimate of drug-likeness (QED) is 0.305. The van der Waals surface area contributed by atoms with Crippen molar-refractivity contribution in [1.82, 2.24) is 4.90 Å². The molecule has 3 aliphatic heterocycles. The molecule has 3 saturated heterocycles. The van der Waals surface area contributed by atoms with Crippen molar-refractivity contribution in [1.29, 1.82) is 0 Å². The Morgan fingerprint density at radius 2 is 1.76 bits per heavy atom. The third kappa shape index (κ3) is 4.96. The maximum Gasteiger partial charge on any atom is 0.253 e. The van der Waals surface area contributed by atoms with Crippen molar-refractivity contribution < 1.29 is 24.2 Å². The van der Waals surface area contributed by atoms with E-state index in [2.05, 4.69) is 13.2 Å². The number of aliphatic hydroxyl groups excluding tert-OH is 1. The van der Waals surface area contributed by atoms with Gasteiger partial charge in [-0.2, -0.15) is 0 Å². The summed E-state index contributed by atoms with van der Waals surface area (Å²) in [6, 6.07) is 14.4. The van der Waals surface area contributed by atoms with E-state index in [-0.39, 0.29) is 30.9 Å². The molecule has 2 unspecified atom stereocenters. The topological polar surface area (TPSA) is 90.4 Å². The summed E-state index contributed by atoms with van der Waals surface area (Å²) in [6.45, 7) is 12.6. The maximum absolute atomic E-state index is 14.7. The van der Waals surface area contributed by atoms with Crippen LogP contribution in [-0.2, 0) is 19.1 Å². The molecule has 222 valence electrons. The number of amides is 3. The van der Waals surface area contributed by atoms with Crippen LogP contribution >= 0.6 is 0 Å². The zero-order valence-electron chi connectivity index (χ0n) is 24.6. The highest BCUT2D eigenvalue weighted by Crippen LogP contribution is 2.59. The molecule has 1 spiro atoms. The van der Waals surface area contributed by atoms with Gasteiger partial charge in [0.15, 0.2) is 0 Å². The summed E-state index contributed by atoms with van der Waals surface area (Å²) in [6.07, 6.45) is 5.06. The number of anilines is 2. The van der Waals surface area contributed by atoms with Gasteiger partial charge in [0.05, 0.1) is 17.9 Å². The van der Waals surface area contributed by atoms with Crippen LogP contribution in [0.2, 0.25) is 0 Å². The van der Waals surface area contributed by atoms with Crippen molar-refractivity contribution in [2.45, 2.75) is 57.3 Å². The van der Waals surface area contributed by atoms with E-state index in [4.69, 9.17) is 4.74 Å². The number of aliphatic hydroxyl groups is 1. The fourth-order valence-corrected chi connectivity index (χ4v) is 7.18. The third-order valence-corrected chi connectivity index (χ3v) is 9.01. The van der Waals surface area contributed by atoms with Crippen LogP contribution in [-0.4, -0.2) is 71.7 Å². The van der Waals surface area contributed by atoms with Crippen molar-refractivity contribution in [2.75, 3.05) is 36.0 Å². The molecule has 3 amide bonds. The van der Waals surface area contributed by atoms with E-state index in [9.17, 15) is 19.5 Å². The number of carbonyl (C=O) groups excluding carboxylic acids is 3. The highest BCUT2D eigenvalue weighted by atomic mass is 16.5. The van der Waals surface area contributed by atoms with Gasteiger partial charge in [0, 0.05) is 37.6 Å². The van der Waals surface area contributed by atoms with E-state index in [1.165, 1.54) is 0 Å². The lowest BCUT2D eigenvalue weighted by Gasteiger charge is -2.37. The van der Waals surface area contributed by atoms with E-state index >= 15 is 0 Å². The summed E-state index contributed by atoms with van der Waals surface area (Å²) in [7, 11) is 0. The van der Waals surface area contributed by atoms with Gasteiger partial charge in [-0.25, -0.2) is 0 Å². The lowest BCUT2D eigenvalue weighted by atomic mass is 9.70. The largest absolute Gasteiger partial charge is 0.396 e. The van der Waals surface area contributed by atoms with Crippen LogP contribution in [0.5, 0.6) is 0 Å². The molecule has 2 aromatic carbocycles. The number of nitrogens with zero attached hydrogens (tertiary/aromatic N) is 3. The molecular weight excluding hydrogens is 530 g/mol. The molecule has 0 radical (unpaired) electrons. The first-order chi connectivity index (χ1) is 20.3. The fourth-order valence-electron chi connectivity index (χ4n) is 7.18. The van der Waals surface area contributed by atoms with Gasteiger partial charge >= 0.3 is 0 Å². The molecule has 3 aliphatic rings. The van der Waals surface area contributed by atoms with Gasteiger partial charge < -0.3 is 24.5 Å². The lowest BCUT2D eigenvalue weighted by Crippen LogP contribution is -2.56. The number of rotatable bonds is 12. The minimum Gasteiger partial charge on any atom is -0.396 e. The summed E-state index contributed by atoms with van der Waals surface area (Å²) in [5.74, 6) is -2.13. The van der Waals surface area contributed by atoms with Crippen LogP contribution < -0.4 is 9.80 Å². The fraction of sp³-hybridized carbons (Fsp3) is 0.441. The van der Waals surface area contributed by atoms with Gasteiger partial charge in [-0.05, 0) is 68.9 Å². The number of unbranched alkanes of at least 4 members (excludes halogenated alkanes) is 1. The van der Waals surface area contributed by atoms with E-state index in [1.807, 2.05) is 62.4 Å². The van der Waals surface area contributed by atoms with Gasteiger partial charge in [0.2, 0.25) is 11.8 Å². The first-order valence-corrected chi connectivity index (χ1v) is 14.8. The van der Waals surface area contributed by atoms with Crippen molar-refractivity contribution >= 4 is 29.1 Å². The van der Waals surface area contributed by atoms with Gasteiger partial charge in [-0.1, -0.05) is 42.5 Å². The molecule has 42 heavy (non-hydrogen) atoms. The van der Waals surface area contributed by atoms with E-state index in [0.717, 1.165) is 22.5 Å². The Morgan fingerprint density at radius 3 is 2.45 bits per heavy atom. The first-order valence-electron chi connectivity index (χ1n) is 14.8. The average Bonchev–Trinajstić information content (AvgIpc) is 3.63. The van der Waals surface area contributed by atoms with Crippen LogP contribution in [0.4, 0.5) is 11.4 Å². The Balaban J connectivity index is 1.56. The molecule has 5 rings (SSSR count). The van der Waals surface area contributed by atoms with E-state index in [0.29, 0.717) is 38.8 Å². The Labute approximate surface area is 248 Å². The zero-order chi connectivity index (χ0) is 30.0. The Bertz CT molecular complexity index is 1360. The summed E-state index contributed by atoms with van der Waals surface area (Å²) >= 11 is 0. The lowest BCUT2D eigenvalue weighted by molar-refractivity contribution is -0.140. The van der Waals surface area contributed by atoms with Crippen LogP contribution in [0.1, 0.15) is 36.8 Å². The number of aryl methyl sites for hydroxylation is 2. The minimum absolute atomic E-state index is 0.00638. The number of carbonyl (C=O) groups is 3. The monoisotopic (exact) mass is 571 g/mol. The molecule has 3 heterocycles. The molecular formula is C34H41N3O5. The number of ether oxygens (including phenoxy) is 1. The Morgan fingerprint density at radius 1 is 1.05 bits per heavy atom. The molecule has 1 N–H and O–H groups in total. The average molecular weight is 572 g/mol. The van der Waals surface area contributed by atoms with E-state index < -0.39 is 29.6 Å². The SMILES string of the molecule is C=CCN(C(=O)[C@@H]1[C@H]2C(=O)N(CCCCO)C(C(=O)N(CC=C)c3cc(C)ccc3C)C23CC[C@H]1O3)c1ccccc1. The number of hydrogen-bond donors (Lipinski definition) is 1. The number of likely N-dealkylation sites (tertiary alicyclic amines) is 1. The van der Waals surface area contributed by atoms with Gasteiger partial charge in [-0.3, -0.25) is 14.4 Å². The molecule has 2 bridgehead atoms. The number of fused-ring (bicyclic) bond motifs is 1. The summed E-state index contributed by atoms with van der Waals surface area (Å²) in [4.78, 5) is 48.3. The summed E-state index contributed by atoms with van der Waals surface area (Å²) in [5, 5.41) is 9.47. The standard InChI is InChI=1S/C34H41N3O5/c1-5-18-35(25-12-8-7-9-13-25)31(39)28-27-16-17-34(42-27)29(28)32(40)37(20-10-11-21-38)30(34)33(41)36(19-6-2)26-22-23(3)14-15-24(26)4/h5-9,12-15,22,27-30,38H,1-2,10-11,16-21H2,3-4H3/t27-,28+,29+,30?,34?/m1/s1. The molecule has 5 atom stereocenters. The van der Waals surface area contributed by atoms with Gasteiger partial charge in [0.25, 0.3) is 5.91 Å². The Hall–Kier alpha value is -3.75. The number of hydrogen-bond acceptors (Lipinski definition) is 5. The van der Waals surface area contributed by atoms with Crippen molar-refractivity contribution in [3.8, 4) is 0 Å². The molecule has 8 heteroatoms. The van der Waals surface area contributed by atoms with Crippen LogP contribution in [0.25, 0.3) is 0 Å². The smallest absolute Gasteiger partial charge is 0.253 e. The number of benzene rings is 2. The second-order valence-electron chi connectivity index (χ2n) is 11.6. The molecule has 0 aromatic heterocycles. The van der Waals surface area contributed by atoms with Crippen molar-refractivity contribution in [3.05, 3.63) is 85.0 Å². The third-order valence-electron chi connectivity index (χ3n) is 9.01. The van der Waals surface area contributed by atoms with Gasteiger partial charge in [-0.15, -0.1) is 13.2 Å². The second-order valence-corrected chi connectivity index (χ2v) is 11.6. The highest BCUT2D eigenvalue weighted by molar-refractivity contribution is 6.06. The van der Waals surface area contributed by atoms with Crippen LogP contribution in [0.3, 0.4) is 0 Å². The second kappa shape index (κ2) is 12.2. The van der Waals surface area contributed by atoms with E-state index in [1.54, 1.807) is 26.9 Å². The maximum atomic E-state index is 14.7. The van der Waals surface area contributed by atoms with Crippen molar-refractivity contribution in [2.24, 2.45) is 11.8 Å². The number of para-hydroxylation sites is 1. The zero-order valence-corrected chi connectivity index (χ0v) is 24.6. The highest BCUT2D eigenvalue weighted by Gasteiger charge is 2.75. The minimum atomic E-state index is -1.11. The van der Waals surface area contributed by atoms with Crippen LogP contribution in [0.15, 0.2) is 73.8 Å². The Kier molecular flexibility index (Phi) is 8.66. The molecule has 2 aromatic rings. The predicted octanol–water partition coefficient (Wildman–Crippen LogP) is 4.19. The predicted molar refractivity (Wildman–Crippen MR) is 163 cm³/mol. The van der Waals surface area contributed by atoms with Crippen LogP contribution in [0, 0.1) is 25.7 Å². The molecule has 3 fully saturated rings. The first kappa shape index (κ1) is 29.7. The summed E-state index contributed by atoms with van der Waals surface area (Å²) in [5.41, 5.74) is 2.34.